The number of unbranched alkanes of at least 4 members (excludes halogenated alkanes) is 50. The summed E-state index contributed by atoms with van der Waals surface area (Å²) in [6, 6.07) is 0. The molecule has 0 aromatic rings. The minimum atomic E-state index is -0.767. The van der Waals surface area contributed by atoms with Crippen molar-refractivity contribution in [1.29, 1.82) is 0 Å². The second-order valence-electron chi connectivity index (χ2n) is 24.5. The van der Waals surface area contributed by atoms with Gasteiger partial charge in [0.1, 0.15) is 13.2 Å². The van der Waals surface area contributed by atoms with Crippen LogP contribution in [0.25, 0.3) is 0 Å². The summed E-state index contributed by atoms with van der Waals surface area (Å²) in [5.74, 6) is -0.851. The Morgan fingerprint density at radius 1 is 0.250 bits per heavy atom. The molecule has 0 saturated heterocycles. The molecule has 0 amide bonds. The van der Waals surface area contributed by atoms with E-state index in [1.165, 1.54) is 295 Å². The molecule has 0 fully saturated rings. The zero-order chi connectivity index (χ0) is 57.8. The lowest BCUT2D eigenvalue weighted by Gasteiger charge is -2.18. The van der Waals surface area contributed by atoms with Crippen LogP contribution < -0.4 is 0 Å². The molecule has 0 N–H and O–H groups in total. The zero-order valence-electron chi connectivity index (χ0n) is 54.1. The fourth-order valence-electron chi connectivity index (χ4n) is 10.9. The second kappa shape index (κ2) is 69.1. The van der Waals surface area contributed by atoms with Crippen LogP contribution in [-0.4, -0.2) is 37.2 Å². The number of hydrogen-bond acceptors (Lipinski definition) is 6. The molecule has 0 rings (SSSR count). The molecule has 0 aromatic carbocycles. The molecule has 1 unspecified atom stereocenters. The van der Waals surface area contributed by atoms with Gasteiger partial charge in [-0.15, -0.1) is 0 Å². The number of rotatable bonds is 67. The zero-order valence-corrected chi connectivity index (χ0v) is 54.1. The highest BCUT2D eigenvalue weighted by atomic mass is 16.6. The Morgan fingerprint density at radius 3 is 0.700 bits per heavy atom. The van der Waals surface area contributed by atoms with Gasteiger partial charge >= 0.3 is 17.9 Å². The van der Waals surface area contributed by atoms with E-state index in [0.29, 0.717) is 19.3 Å². The van der Waals surface area contributed by atoms with E-state index in [1.807, 2.05) is 0 Å². The van der Waals surface area contributed by atoms with E-state index in [0.717, 1.165) is 64.2 Å². The molecule has 0 radical (unpaired) electrons. The quantitative estimate of drug-likeness (QED) is 0.0261. The molecular weight excluding hydrogens is 985 g/mol. The lowest BCUT2D eigenvalue weighted by molar-refractivity contribution is -0.167. The van der Waals surface area contributed by atoms with Gasteiger partial charge in [0.2, 0.25) is 0 Å². The van der Waals surface area contributed by atoms with Gasteiger partial charge in [0.25, 0.3) is 0 Å². The Hall–Kier alpha value is -2.37. The highest BCUT2D eigenvalue weighted by Crippen LogP contribution is 2.18. The Balaban J connectivity index is 3.97. The maximum absolute atomic E-state index is 12.9. The van der Waals surface area contributed by atoms with Gasteiger partial charge in [0.05, 0.1) is 0 Å². The molecule has 470 valence electrons. The highest BCUT2D eigenvalue weighted by molar-refractivity contribution is 5.71. The minimum Gasteiger partial charge on any atom is -0.462 e. The third-order valence-electron chi connectivity index (χ3n) is 16.4. The first kappa shape index (κ1) is 77.6. The third kappa shape index (κ3) is 66.4. The first-order chi connectivity index (χ1) is 39.5. The van der Waals surface area contributed by atoms with Gasteiger partial charge < -0.3 is 14.2 Å². The van der Waals surface area contributed by atoms with Gasteiger partial charge in [0.15, 0.2) is 6.10 Å². The molecule has 0 spiro atoms. The summed E-state index contributed by atoms with van der Waals surface area (Å²) in [5, 5.41) is 0. The van der Waals surface area contributed by atoms with Crippen LogP contribution in [0.3, 0.4) is 0 Å². The number of allylic oxidation sites excluding steroid dienone is 6. The van der Waals surface area contributed by atoms with Crippen molar-refractivity contribution < 1.29 is 28.6 Å². The molecule has 6 nitrogen and oxygen atoms in total. The Bertz CT molecular complexity index is 1340. The average molecular weight is 1120 g/mol. The largest absolute Gasteiger partial charge is 0.462 e. The Labute approximate surface area is 499 Å². The highest BCUT2D eigenvalue weighted by Gasteiger charge is 2.19. The van der Waals surface area contributed by atoms with Crippen molar-refractivity contribution in [3.8, 4) is 0 Å². The molecule has 0 bridgehead atoms. The minimum absolute atomic E-state index is 0.0669. The molecule has 0 heterocycles. The van der Waals surface area contributed by atoms with Crippen LogP contribution in [0.4, 0.5) is 0 Å². The van der Waals surface area contributed by atoms with E-state index in [4.69, 9.17) is 14.2 Å². The summed E-state index contributed by atoms with van der Waals surface area (Å²) in [6.45, 7) is 6.64. The lowest BCUT2D eigenvalue weighted by atomic mass is 10.0. The van der Waals surface area contributed by atoms with Gasteiger partial charge in [-0.3, -0.25) is 14.4 Å². The summed E-state index contributed by atoms with van der Waals surface area (Å²) in [5.41, 5.74) is 0. The third-order valence-corrected chi connectivity index (χ3v) is 16.4. The molecule has 0 saturated carbocycles. The number of hydrogen-bond donors (Lipinski definition) is 0. The van der Waals surface area contributed by atoms with Crippen molar-refractivity contribution in [3.05, 3.63) is 36.5 Å². The lowest BCUT2D eigenvalue weighted by Crippen LogP contribution is -2.30. The molecule has 0 aliphatic rings. The van der Waals surface area contributed by atoms with E-state index in [1.54, 1.807) is 0 Å². The number of esters is 3. The van der Waals surface area contributed by atoms with E-state index in [2.05, 4.69) is 57.2 Å². The fraction of sp³-hybridized carbons (Fsp3) is 0.878. The fourth-order valence-corrected chi connectivity index (χ4v) is 10.9. The molecule has 6 heteroatoms. The van der Waals surface area contributed by atoms with Crippen molar-refractivity contribution in [2.75, 3.05) is 13.2 Å². The Kier molecular flexibility index (Phi) is 67.1. The van der Waals surface area contributed by atoms with Gasteiger partial charge in [-0.1, -0.05) is 340 Å². The van der Waals surface area contributed by atoms with Crippen molar-refractivity contribution in [3.63, 3.8) is 0 Å². The Morgan fingerprint density at radius 2 is 0.450 bits per heavy atom. The summed E-state index contributed by atoms with van der Waals surface area (Å²) in [6.07, 6.45) is 86.6. The van der Waals surface area contributed by atoms with Gasteiger partial charge in [-0.25, -0.2) is 0 Å². The molecule has 1 atom stereocenters. The first-order valence-electron chi connectivity index (χ1n) is 36.0. The van der Waals surface area contributed by atoms with Crippen LogP contribution in [0.1, 0.15) is 400 Å². The molecule has 0 aliphatic carbocycles. The van der Waals surface area contributed by atoms with Crippen molar-refractivity contribution >= 4 is 17.9 Å². The maximum atomic E-state index is 12.9. The maximum Gasteiger partial charge on any atom is 0.306 e. The summed E-state index contributed by atoms with van der Waals surface area (Å²) in [7, 11) is 0. The van der Waals surface area contributed by atoms with Crippen LogP contribution in [0.2, 0.25) is 0 Å². The summed E-state index contributed by atoms with van der Waals surface area (Å²) in [4.78, 5) is 38.1. The topological polar surface area (TPSA) is 78.9 Å². The second-order valence-corrected chi connectivity index (χ2v) is 24.5. The standard InChI is InChI=1S/C74H138O6/c1-4-7-10-13-16-18-20-22-24-26-28-30-32-34-36-37-39-40-42-44-46-48-50-52-54-56-58-61-64-67-73(76)79-70-71(69-78-72(75)66-63-60-15-12-9-6-3)80-74(77)68-65-62-59-57-55-53-51-49-47-45-43-41-38-35-33-31-29-27-25-23-21-19-17-14-11-8-5-2/h21,23,26-29,71H,4-20,22,24-25,30-70H2,1-3H3/b23-21-,28-26-,29-27-. The smallest absolute Gasteiger partial charge is 0.306 e. The van der Waals surface area contributed by atoms with Gasteiger partial charge in [-0.05, 0) is 77.0 Å². The monoisotopic (exact) mass is 1120 g/mol. The molecule has 0 aromatic heterocycles. The van der Waals surface area contributed by atoms with Crippen molar-refractivity contribution in [2.45, 2.75) is 406 Å². The number of ether oxygens (including phenoxy) is 3. The average Bonchev–Trinajstić information content (AvgIpc) is 3.46. The van der Waals surface area contributed by atoms with E-state index >= 15 is 0 Å². The number of carbonyl (C=O) groups is 3. The van der Waals surface area contributed by atoms with Crippen LogP contribution in [0.5, 0.6) is 0 Å². The van der Waals surface area contributed by atoms with E-state index < -0.39 is 6.10 Å². The summed E-state index contributed by atoms with van der Waals surface area (Å²) >= 11 is 0. The van der Waals surface area contributed by atoms with Crippen molar-refractivity contribution in [2.24, 2.45) is 0 Å². The first-order valence-corrected chi connectivity index (χ1v) is 36.0. The number of carbonyl (C=O) groups excluding carboxylic acids is 3. The van der Waals surface area contributed by atoms with Crippen LogP contribution in [0, 0.1) is 0 Å². The van der Waals surface area contributed by atoms with Crippen molar-refractivity contribution in [1.82, 2.24) is 0 Å². The molecule has 0 aliphatic heterocycles. The predicted molar refractivity (Wildman–Crippen MR) is 349 cm³/mol. The molecular formula is C74H138O6. The molecule has 80 heavy (non-hydrogen) atoms. The van der Waals surface area contributed by atoms with Gasteiger partial charge in [-0.2, -0.15) is 0 Å². The van der Waals surface area contributed by atoms with E-state index in [-0.39, 0.29) is 31.1 Å². The SMILES string of the molecule is CCCCCCC/C=C\C/C=C\CCCCCCCCCCCCCCCCCC(=O)OC(COC(=O)CCCCCCCC)COC(=O)CCCCCCCCCCCCCCCCCCC/C=C\CCCCCCCCCC. The van der Waals surface area contributed by atoms with Gasteiger partial charge in [0, 0.05) is 19.3 Å². The van der Waals surface area contributed by atoms with E-state index in [9.17, 15) is 14.4 Å². The van der Waals surface area contributed by atoms with Crippen LogP contribution >= 0.6 is 0 Å². The normalized spacial score (nSPS) is 12.2. The predicted octanol–water partition coefficient (Wildman–Crippen LogP) is 24.7. The van der Waals surface area contributed by atoms with Crippen LogP contribution in [0.15, 0.2) is 36.5 Å². The summed E-state index contributed by atoms with van der Waals surface area (Å²) < 4.78 is 16.9. The van der Waals surface area contributed by atoms with Crippen LogP contribution in [-0.2, 0) is 28.6 Å².